The largest absolute Gasteiger partial charge is 0.497 e. The van der Waals surface area contributed by atoms with Crippen LogP contribution in [0.3, 0.4) is 0 Å². The molecule has 4 heterocycles. The number of nitrogens with one attached hydrogen (secondary N) is 2. The molecule has 9 nitrogen and oxygen atoms in total. The molecule has 0 bridgehead atoms. The summed E-state index contributed by atoms with van der Waals surface area (Å²) in [7, 11) is -2.23. The van der Waals surface area contributed by atoms with Gasteiger partial charge in [-0.1, -0.05) is 0 Å². The van der Waals surface area contributed by atoms with Crippen LogP contribution in [0.2, 0.25) is 0 Å². The summed E-state index contributed by atoms with van der Waals surface area (Å²) in [4.78, 5) is 19.1. The molecule has 1 saturated heterocycles. The Morgan fingerprint density at radius 1 is 1.07 bits per heavy atom. The topological polar surface area (TPSA) is 104 Å². The molecule has 0 aliphatic carbocycles. The number of rotatable bonds is 8. The number of morpholine rings is 1. The van der Waals surface area contributed by atoms with Gasteiger partial charge in [-0.05, 0) is 98.8 Å². The number of nitrogens with zero attached hydrogens (tertiary/aromatic N) is 2. The first kappa shape index (κ1) is 27.6. The van der Waals surface area contributed by atoms with Gasteiger partial charge in [0, 0.05) is 42.3 Å². The summed E-state index contributed by atoms with van der Waals surface area (Å²) in [6.45, 7) is 9.09. The monoisotopic (exact) mass is 576 g/mol. The number of amides is 1. The molecule has 41 heavy (non-hydrogen) atoms. The molecule has 6 rings (SSSR count). The normalized spacial score (nSPS) is 18.1. The van der Waals surface area contributed by atoms with Gasteiger partial charge in [-0.25, -0.2) is 8.42 Å². The van der Waals surface area contributed by atoms with Crippen LogP contribution in [0.5, 0.6) is 5.75 Å². The summed E-state index contributed by atoms with van der Waals surface area (Å²) in [5.41, 5.74) is 7.60. The van der Waals surface area contributed by atoms with E-state index in [1.54, 1.807) is 37.4 Å². The van der Waals surface area contributed by atoms with Crippen molar-refractivity contribution >= 4 is 39.0 Å². The van der Waals surface area contributed by atoms with E-state index in [0.29, 0.717) is 41.2 Å². The van der Waals surface area contributed by atoms with Crippen molar-refractivity contribution in [3.63, 3.8) is 0 Å². The molecule has 2 N–H and O–H groups in total. The number of H-pyrrole nitrogens is 1. The number of carbonyl (C=O) groups is 1. The number of fused-ring (bicyclic) bond motifs is 2. The van der Waals surface area contributed by atoms with E-state index in [9.17, 15) is 13.2 Å². The first-order chi connectivity index (χ1) is 19.8. The van der Waals surface area contributed by atoms with Gasteiger partial charge in [-0.15, -0.1) is 0 Å². The van der Waals surface area contributed by atoms with Gasteiger partial charge in [0.15, 0.2) is 0 Å². The molecule has 216 valence electrons. The van der Waals surface area contributed by atoms with Crippen LogP contribution in [0.25, 0.3) is 11.6 Å². The molecule has 0 unspecified atom stereocenters. The Bertz CT molecular complexity index is 1640. The summed E-state index contributed by atoms with van der Waals surface area (Å²) in [6.07, 6.45) is 4.46. The number of hydrogen-bond acceptors (Lipinski definition) is 6. The maximum atomic E-state index is 13.8. The third kappa shape index (κ3) is 5.16. The maximum absolute atomic E-state index is 13.8. The quantitative estimate of drug-likeness (QED) is 0.391. The van der Waals surface area contributed by atoms with Crippen molar-refractivity contribution in [2.45, 2.75) is 38.0 Å². The highest BCUT2D eigenvalue weighted by Crippen LogP contribution is 2.39. The second kappa shape index (κ2) is 11.0. The van der Waals surface area contributed by atoms with E-state index in [2.05, 4.69) is 29.0 Å². The lowest BCUT2D eigenvalue weighted by Gasteiger charge is -2.26. The maximum Gasteiger partial charge on any atom is 0.264 e. The van der Waals surface area contributed by atoms with Gasteiger partial charge in [0.05, 0.1) is 36.5 Å². The lowest BCUT2D eigenvalue weighted by atomic mass is 10.0. The van der Waals surface area contributed by atoms with Gasteiger partial charge < -0.3 is 19.8 Å². The number of ether oxygens (including phenoxy) is 2. The van der Waals surface area contributed by atoms with Crippen molar-refractivity contribution in [1.29, 1.82) is 0 Å². The van der Waals surface area contributed by atoms with Gasteiger partial charge in [0.2, 0.25) is 0 Å². The van der Waals surface area contributed by atoms with Gasteiger partial charge in [-0.3, -0.25) is 14.0 Å². The van der Waals surface area contributed by atoms with Crippen LogP contribution >= 0.6 is 0 Å². The molecule has 3 aliphatic heterocycles. The van der Waals surface area contributed by atoms with Crippen molar-refractivity contribution in [2.75, 3.05) is 56.1 Å². The van der Waals surface area contributed by atoms with E-state index in [1.165, 1.54) is 9.87 Å². The van der Waals surface area contributed by atoms with Gasteiger partial charge in [0.1, 0.15) is 5.75 Å². The Morgan fingerprint density at radius 3 is 2.66 bits per heavy atom. The third-order valence-electron chi connectivity index (χ3n) is 8.43. The van der Waals surface area contributed by atoms with E-state index >= 15 is 0 Å². The van der Waals surface area contributed by atoms with Crippen LogP contribution in [0.15, 0.2) is 41.3 Å². The minimum absolute atomic E-state index is 0.158. The first-order valence-electron chi connectivity index (χ1n) is 14.1. The molecule has 0 spiro atoms. The average Bonchev–Trinajstić information content (AvgIpc) is 3.62. The molecule has 3 aliphatic rings. The Balaban J connectivity index is 1.26. The van der Waals surface area contributed by atoms with Gasteiger partial charge in [0.25, 0.3) is 15.9 Å². The summed E-state index contributed by atoms with van der Waals surface area (Å²) in [5.74, 6) is 0.462. The van der Waals surface area contributed by atoms with E-state index in [1.807, 2.05) is 12.1 Å². The molecule has 0 atom stereocenters. The Kier molecular flexibility index (Phi) is 7.39. The molecule has 1 fully saturated rings. The van der Waals surface area contributed by atoms with E-state index in [4.69, 9.17) is 9.47 Å². The number of aromatic nitrogens is 1. The van der Waals surface area contributed by atoms with E-state index in [-0.39, 0.29) is 10.8 Å². The van der Waals surface area contributed by atoms with Crippen LogP contribution in [0, 0.1) is 13.8 Å². The highest BCUT2D eigenvalue weighted by Gasteiger charge is 2.33. The fourth-order valence-electron chi connectivity index (χ4n) is 6.11. The van der Waals surface area contributed by atoms with Crippen LogP contribution in [-0.4, -0.2) is 70.7 Å². The first-order valence-corrected chi connectivity index (χ1v) is 15.6. The second-order valence-electron chi connectivity index (χ2n) is 10.9. The Morgan fingerprint density at radius 2 is 1.88 bits per heavy atom. The molecular weight excluding hydrogens is 540 g/mol. The smallest absolute Gasteiger partial charge is 0.264 e. The summed E-state index contributed by atoms with van der Waals surface area (Å²) in [6, 6.07) is 10.3. The molecular formula is C31H36N4O5S. The van der Waals surface area contributed by atoms with E-state index in [0.717, 1.165) is 68.2 Å². The zero-order chi connectivity index (χ0) is 28.7. The number of sulfonamides is 1. The SMILES string of the molecule is COc1ccc2c(c1)CCN2S(=O)(=O)c1ccc2c(c1)/C(=C/c1[nH]c(C)c(CCCN3CCOCC3)c1C)C(=O)N2. The molecule has 10 heteroatoms. The number of aromatic amines is 1. The van der Waals surface area contributed by atoms with Gasteiger partial charge >= 0.3 is 0 Å². The number of methoxy groups -OCH3 is 1. The fraction of sp³-hybridized carbons (Fsp3) is 0.387. The number of benzene rings is 2. The van der Waals surface area contributed by atoms with Crippen molar-refractivity contribution in [3.8, 4) is 5.75 Å². The molecule has 1 amide bonds. The van der Waals surface area contributed by atoms with Gasteiger partial charge in [-0.2, -0.15) is 0 Å². The molecule has 0 radical (unpaired) electrons. The Labute approximate surface area is 241 Å². The van der Waals surface area contributed by atoms with Crippen LogP contribution in [0.4, 0.5) is 11.4 Å². The number of hydrogen-bond donors (Lipinski definition) is 2. The summed E-state index contributed by atoms with van der Waals surface area (Å²) >= 11 is 0. The summed E-state index contributed by atoms with van der Waals surface area (Å²) < 4.78 is 39.7. The van der Waals surface area contributed by atoms with Crippen molar-refractivity contribution in [3.05, 3.63) is 70.0 Å². The standard InChI is InChI=1S/C31H36N4O5S/c1-20-25(5-4-11-34-13-15-40-16-14-34)21(2)32-29(20)19-27-26-18-24(7-8-28(26)33-31(27)36)41(37,38)35-12-10-22-17-23(39-3)6-9-30(22)35/h6-9,17-19,32H,4-5,10-16H2,1-3H3,(H,33,36)/b27-19-. The highest BCUT2D eigenvalue weighted by molar-refractivity contribution is 7.92. The average molecular weight is 577 g/mol. The lowest BCUT2D eigenvalue weighted by Crippen LogP contribution is -2.36. The zero-order valence-electron chi connectivity index (χ0n) is 23.7. The molecule has 0 saturated carbocycles. The fourth-order valence-corrected chi connectivity index (χ4v) is 7.64. The van der Waals surface area contributed by atoms with Crippen LogP contribution in [-0.2, 0) is 32.4 Å². The number of aryl methyl sites for hydroxylation is 1. The molecule has 3 aromatic rings. The number of anilines is 2. The van der Waals surface area contributed by atoms with Crippen LogP contribution in [0.1, 0.15) is 40.1 Å². The lowest BCUT2D eigenvalue weighted by molar-refractivity contribution is -0.110. The number of carbonyl (C=O) groups excluding carboxylic acids is 1. The molecule has 2 aromatic carbocycles. The Hall–Kier alpha value is -3.60. The molecule has 1 aromatic heterocycles. The van der Waals surface area contributed by atoms with E-state index < -0.39 is 10.0 Å². The zero-order valence-corrected chi connectivity index (χ0v) is 24.6. The van der Waals surface area contributed by atoms with Crippen LogP contribution < -0.4 is 14.4 Å². The van der Waals surface area contributed by atoms with Crippen molar-refractivity contribution in [2.24, 2.45) is 0 Å². The minimum Gasteiger partial charge on any atom is -0.497 e. The minimum atomic E-state index is -3.83. The predicted octanol–water partition coefficient (Wildman–Crippen LogP) is 4.15. The van der Waals surface area contributed by atoms with Crippen molar-refractivity contribution < 1.29 is 22.7 Å². The second-order valence-corrected chi connectivity index (χ2v) is 12.7. The highest BCUT2D eigenvalue weighted by atomic mass is 32.2. The van der Waals surface area contributed by atoms with Crippen molar-refractivity contribution in [1.82, 2.24) is 9.88 Å². The third-order valence-corrected chi connectivity index (χ3v) is 10.2. The predicted molar refractivity (Wildman–Crippen MR) is 160 cm³/mol. The summed E-state index contributed by atoms with van der Waals surface area (Å²) in [5, 5.41) is 2.90.